The van der Waals surface area contributed by atoms with Crippen LogP contribution in [0.3, 0.4) is 0 Å². The fourth-order valence-electron chi connectivity index (χ4n) is 1.84. The van der Waals surface area contributed by atoms with Crippen LogP contribution in [0.25, 0.3) is 0 Å². The van der Waals surface area contributed by atoms with E-state index in [0.717, 1.165) is 32.0 Å². The third-order valence-electron chi connectivity index (χ3n) is 2.98. The van der Waals surface area contributed by atoms with Crippen molar-refractivity contribution in [2.75, 3.05) is 44.4 Å². The molecule has 1 aromatic rings. The van der Waals surface area contributed by atoms with Gasteiger partial charge in [-0.2, -0.15) is 0 Å². The number of aliphatic hydroxyl groups is 1. The first-order valence-corrected chi connectivity index (χ1v) is 7.23. The fraction of sp³-hybridized carbons (Fsp3) is 0.667. The summed E-state index contributed by atoms with van der Waals surface area (Å²) in [7, 11) is 0. The minimum Gasteiger partial charge on any atom is -0.387 e. The molecule has 0 amide bonds. The van der Waals surface area contributed by atoms with E-state index in [1.807, 2.05) is 26.0 Å². The zero-order valence-corrected chi connectivity index (χ0v) is 12.7. The highest BCUT2D eigenvalue weighted by Crippen LogP contribution is 2.16. The Bertz CT molecular complexity index is 345. The molecule has 1 N–H and O–H groups in total. The molecule has 0 bridgehead atoms. The summed E-state index contributed by atoms with van der Waals surface area (Å²) >= 11 is 0. The van der Waals surface area contributed by atoms with Gasteiger partial charge in [-0.05, 0) is 32.9 Å². The standard InChI is InChI=1S/C15H26N2O3/c1-4-19-10-8-17(9-11-20-5-2)14-6-7-15(13(3)18)16-12-14/h6-7,12-13,18H,4-5,8-11H2,1-3H3/t13-/m1/s1. The number of nitrogens with zero attached hydrogens (tertiary/aromatic N) is 2. The Kier molecular flexibility index (Phi) is 8.18. The molecule has 0 unspecified atom stereocenters. The number of rotatable bonds is 10. The molecule has 114 valence electrons. The molecule has 0 aliphatic rings. The van der Waals surface area contributed by atoms with Gasteiger partial charge in [0.05, 0.1) is 36.9 Å². The van der Waals surface area contributed by atoms with Crippen molar-refractivity contribution in [1.82, 2.24) is 4.98 Å². The Morgan fingerprint density at radius 3 is 2.15 bits per heavy atom. The van der Waals surface area contributed by atoms with Gasteiger partial charge in [0.25, 0.3) is 0 Å². The molecule has 0 saturated heterocycles. The molecule has 1 heterocycles. The van der Waals surface area contributed by atoms with Crippen LogP contribution in [-0.4, -0.2) is 49.6 Å². The predicted molar refractivity (Wildman–Crippen MR) is 80.1 cm³/mol. The van der Waals surface area contributed by atoms with Crippen LogP contribution in [0.15, 0.2) is 18.3 Å². The number of ether oxygens (including phenoxy) is 2. The molecular weight excluding hydrogens is 256 g/mol. The Balaban J connectivity index is 2.64. The monoisotopic (exact) mass is 282 g/mol. The van der Waals surface area contributed by atoms with E-state index in [-0.39, 0.29) is 0 Å². The molecule has 0 aliphatic heterocycles. The zero-order valence-electron chi connectivity index (χ0n) is 12.7. The maximum Gasteiger partial charge on any atom is 0.0931 e. The van der Waals surface area contributed by atoms with Gasteiger partial charge in [-0.3, -0.25) is 4.98 Å². The molecule has 0 aliphatic carbocycles. The Morgan fingerprint density at radius 1 is 1.15 bits per heavy atom. The van der Waals surface area contributed by atoms with Crippen molar-refractivity contribution in [3.05, 3.63) is 24.0 Å². The van der Waals surface area contributed by atoms with Gasteiger partial charge in [0.2, 0.25) is 0 Å². The molecule has 20 heavy (non-hydrogen) atoms. The summed E-state index contributed by atoms with van der Waals surface area (Å²) < 4.78 is 10.8. The Morgan fingerprint density at radius 2 is 1.75 bits per heavy atom. The molecule has 5 nitrogen and oxygen atoms in total. The average Bonchev–Trinajstić information content (AvgIpc) is 2.46. The molecular formula is C15H26N2O3. The first-order valence-electron chi connectivity index (χ1n) is 7.23. The first-order chi connectivity index (χ1) is 9.69. The van der Waals surface area contributed by atoms with Crippen LogP contribution in [0.5, 0.6) is 0 Å². The molecule has 0 aromatic carbocycles. The summed E-state index contributed by atoms with van der Waals surface area (Å²) in [6, 6.07) is 3.83. The Hall–Kier alpha value is -1.17. The van der Waals surface area contributed by atoms with Crippen LogP contribution in [0, 0.1) is 0 Å². The molecule has 1 aromatic heterocycles. The van der Waals surface area contributed by atoms with Gasteiger partial charge in [-0.1, -0.05) is 0 Å². The molecule has 0 fully saturated rings. The van der Waals surface area contributed by atoms with Crippen LogP contribution in [0.4, 0.5) is 5.69 Å². The average molecular weight is 282 g/mol. The second-order valence-electron chi connectivity index (χ2n) is 4.50. The maximum atomic E-state index is 9.48. The third-order valence-corrected chi connectivity index (χ3v) is 2.98. The Labute approximate surface area is 121 Å². The second-order valence-corrected chi connectivity index (χ2v) is 4.50. The van der Waals surface area contributed by atoms with Crippen LogP contribution in [0.1, 0.15) is 32.6 Å². The van der Waals surface area contributed by atoms with Crippen LogP contribution in [-0.2, 0) is 9.47 Å². The van der Waals surface area contributed by atoms with Crippen molar-refractivity contribution in [2.45, 2.75) is 26.9 Å². The lowest BCUT2D eigenvalue weighted by Gasteiger charge is -2.24. The smallest absolute Gasteiger partial charge is 0.0931 e. The van der Waals surface area contributed by atoms with Crippen molar-refractivity contribution >= 4 is 5.69 Å². The molecule has 1 rings (SSSR count). The van der Waals surface area contributed by atoms with Gasteiger partial charge in [-0.25, -0.2) is 0 Å². The topological polar surface area (TPSA) is 54.8 Å². The minimum absolute atomic E-state index is 0.538. The van der Waals surface area contributed by atoms with Crippen LogP contribution in [0.2, 0.25) is 0 Å². The number of hydrogen-bond acceptors (Lipinski definition) is 5. The summed E-state index contributed by atoms with van der Waals surface area (Å²) in [4.78, 5) is 6.47. The number of aliphatic hydroxyl groups excluding tert-OH is 1. The van der Waals surface area contributed by atoms with Gasteiger partial charge < -0.3 is 19.5 Å². The molecule has 5 heteroatoms. The normalized spacial score (nSPS) is 12.4. The number of hydrogen-bond donors (Lipinski definition) is 1. The van der Waals surface area contributed by atoms with E-state index < -0.39 is 6.10 Å². The highest BCUT2D eigenvalue weighted by atomic mass is 16.5. The number of aromatic nitrogens is 1. The highest BCUT2D eigenvalue weighted by molar-refractivity contribution is 5.44. The third kappa shape index (κ3) is 5.86. The van der Waals surface area contributed by atoms with Crippen LogP contribution < -0.4 is 4.90 Å². The zero-order chi connectivity index (χ0) is 14.8. The van der Waals surface area contributed by atoms with E-state index in [9.17, 15) is 5.11 Å². The minimum atomic E-state index is -0.538. The van der Waals surface area contributed by atoms with E-state index in [2.05, 4.69) is 9.88 Å². The van der Waals surface area contributed by atoms with Gasteiger partial charge in [0.1, 0.15) is 0 Å². The lowest BCUT2D eigenvalue weighted by Crippen LogP contribution is -2.31. The van der Waals surface area contributed by atoms with Crippen molar-refractivity contribution in [3.8, 4) is 0 Å². The second kappa shape index (κ2) is 9.69. The summed E-state index contributed by atoms with van der Waals surface area (Å²) in [5.74, 6) is 0. The van der Waals surface area contributed by atoms with Gasteiger partial charge in [0, 0.05) is 26.3 Å². The fourth-order valence-corrected chi connectivity index (χ4v) is 1.84. The summed E-state index contributed by atoms with van der Waals surface area (Å²) in [5, 5.41) is 9.48. The van der Waals surface area contributed by atoms with Crippen LogP contribution >= 0.6 is 0 Å². The summed E-state index contributed by atoms with van der Waals surface area (Å²) in [5.41, 5.74) is 1.71. The van der Waals surface area contributed by atoms with E-state index in [1.54, 1.807) is 13.1 Å². The number of pyridine rings is 1. The van der Waals surface area contributed by atoms with Crippen molar-refractivity contribution in [3.63, 3.8) is 0 Å². The van der Waals surface area contributed by atoms with Gasteiger partial charge in [-0.15, -0.1) is 0 Å². The largest absolute Gasteiger partial charge is 0.387 e. The summed E-state index contributed by atoms with van der Waals surface area (Å²) in [6.07, 6.45) is 1.25. The van der Waals surface area contributed by atoms with E-state index >= 15 is 0 Å². The van der Waals surface area contributed by atoms with Crippen molar-refractivity contribution in [2.24, 2.45) is 0 Å². The highest BCUT2D eigenvalue weighted by Gasteiger charge is 2.08. The lowest BCUT2D eigenvalue weighted by molar-refractivity contribution is 0.141. The molecule has 1 atom stereocenters. The van der Waals surface area contributed by atoms with Crippen molar-refractivity contribution in [1.29, 1.82) is 0 Å². The van der Waals surface area contributed by atoms with Crippen molar-refractivity contribution < 1.29 is 14.6 Å². The van der Waals surface area contributed by atoms with Gasteiger partial charge in [0.15, 0.2) is 0 Å². The molecule has 0 spiro atoms. The predicted octanol–water partition coefficient (Wildman–Crippen LogP) is 2.01. The summed E-state index contributed by atoms with van der Waals surface area (Å²) in [6.45, 7) is 10.1. The van der Waals surface area contributed by atoms with E-state index in [0.29, 0.717) is 18.9 Å². The van der Waals surface area contributed by atoms with E-state index in [1.165, 1.54) is 0 Å². The number of anilines is 1. The van der Waals surface area contributed by atoms with E-state index in [4.69, 9.17) is 9.47 Å². The molecule has 0 saturated carbocycles. The maximum absolute atomic E-state index is 9.48. The quantitative estimate of drug-likeness (QED) is 0.665. The SMILES string of the molecule is CCOCCN(CCOCC)c1ccc([C@@H](C)O)nc1. The lowest BCUT2D eigenvalue weighted by atomic mass is 10.2. The van der Waals surface area contributed by atoms with Gasteiger partial charge >= 0.3 is 0 Å². The molecule has 0 radical (unpaired) electrons. The first kappa shape index (κ1) is 16.9.